The van der Waals surface area contributed by atoms with Crippen LogP contribution >= 0.6 is 0 Å². The van der Waals surface area contributed by atoms with Gasteiger partial charge in [-0.25, -0.2) is 8.42 Å². The highest BCUT2D eigenvalue weighted by Crippen LogP contribution is 2.22. The van der Waals surface area contributed by atoms with Crippen molar-refractivity contribution in [2.75, 3.05) is 39.5 Å². The second-order valence-corrected chi connectivity index (χ2v) is 9.30. The fraction of sp³-hybridized carbons (Fsp3) is 0.632. The van der Waals surface area contributed by atoms with Crippen molar-refractivity contribution in [1.82, 2.24) is 14.5 Å². The van der Waals surface area contributed by atoms with E-state index in [1.165, 1.54) is 19.9 Å². The van der Waals surface area contributed by atoms with Crippen molar-refractivity contribution < 1.29 is 13.2 Å². The third-order valence-electron chi connectivity index (χ3n) is 5.08. The second-order valence-electron chi connectivity index (χ2n) is 7.26. The van der Waals surface area contributed by atoms with Crippen molar-refractivity contribution in [2.45, 2.75) is 32.2 Å². The van der Waals surface area contributed by atoms with Gasteiger partial charge in [0.1, 0.15) is 6.04 Å². The van der Waals surface area contributed by atoms with E-state index in [0.29, 0.717) is 12.1 Å². The van der Waals surface area contributed by atoms with Gasteiger partial charge in [0.05, 0.1) is 6.26 Å². The monoisotopic (exact) mass is 381 g/mol. The Morgan fingerprint density at radius 3 is 2.46 bits per heavy atom. The van der Waals surface area contributed by atoms with E-state index >= 15 is 0 Å². The fourth-order valence-corrected chi connectivity index (χ4v) is 3.85. The molecule has 1 saturated heterocycles. The number of benzene rings is 1. The topological polar surface area (TPSA) is 69.7 Å². The molecule has 2 rings (SSSR count). The Morgan fingerprint density at radius 2 is 1.88 bits per heavy atom. The molecule has 0 radical (unpaired) electrons. The number of piperidine rings is 1. The van der Waals surface area contributed by atoms with Gasteiger partial charge in [0.25, 0.3) is 0 Å². The first kappa shape index (κ1) is 20.9. The zero-order valence-corrected chi connectivity index (χ0v) is 16.8. The summed E-state index contributed by atoms with van der Waals surface area (Å²) in [5, 5.41) is 2.91. The number of carbonyl (C=O) groups excluding carboxylic acids is 1. The molecule has 0 aromatic heterocycles. The van der Waals surface area contributed by atoms with Crippen LogP contribution in [0.1, 0.15) is 37.8 Å². The lowest BCUT2D eigenvalue weighted by Gasteiger charge is -2.30. The lowest BCUT2D eigenvalue weighted by atomic mass is 9.99. The molecule has 1 unspecified atom stereocenters. The average Bonchev–Trinajstić information content (AvgIpc) is 2.60. The van der Waals surface area contributed by atoms with Crippen molar-refractivity contribution in [2.24, 2.45) is 5.92 Å². The predicted molar refractivity (Wildman–Crippen MR) is 104 cm³/mol. The van der Waals surface area contributed by atoms with Crippen molar-refractivity contribution >= 4 is 15.9 Å². The maximum Gasteiger partial charge on any atom is 0.242 e. The number of amides is 1. The molecule has 1 N–H and O–H groups in total. The number of rotatable bonds is 8. The first-order valence-corrected chi connectivity index (χ1v) is 11.1. The molecule has 146 valence electrons. The Morgan fingerprint density at radius 1 is 1.27 bits per heavy atom. The van der Waals surface area contributed by atoms with Crippen LogP contribution in [0.4, 0.5) is 0 Å². The highest BCUT2D eigenvalue weighted by atomic mass is 32.2. The van der Waals surface area contributed by atoms with Crippen LogP contribution in [-0.4, -0.2) is 63.0 Å². The summed E-state index contributed by atoms with van der Waals surface area (Å²) in [6, 6.07) is 8.17. The third kappa shape index (κ3) is 6.07. The van der Waals surface area contributed by atoms with Gasteiger partial charge in [-0.15, -0.1) is 0 Å². The molecule has 7 heteroatoms. The molecule has 1 atom stereocenters. The van der Waals surface area contributed by atoms with Gasteiger partial charge in [0.15, 0.2) is 0 Å². The molecule has 0 bridgehead atoms. The summed E-state index contributed by atoms with van der Waals surface area (Å²) in [5.41, 5.74) is 0.669. The van der Waals surface area contributed by atoms with E-state index in [4.69, 9.17) is 0 Å². The highest BCUT2D eigenvalue weighted by molar-refractivity contribution is 7.88. The van der Waals surface area contributed by atoms with Gasteiger partial charge >= 0.3 is 0 Å². The van der Waals surface area contributed by atoms with Gasteiger partial charge in [0, 0.05) is 13.6 Å². The van der Waals surface area contributed by atoms with E-state index in [9.17, 15) is 13.2 Å². The zero-order chi connectivity index (χ0) is 19.2. The highest BCUT2D eigenvalue weighted by Gasteiger charge is 2.30. The summed E-state index contributed by atoms with van der Waals surface area (Å²) < 4.78 is 25.0. The molecule has 6 nitrogen and oxygen atoms in total. The average molecular weight is 382 g/mol. The fourth-order valence-electron chi connectivity index (χ4n) is 3.25. The van der Waals surface area contributed by atoms with Crippen molar-refractivity contribution in [1.29, 1.82) is 0 Å². The number of hydrogen-bond acceptors (Lipinski definition) is 4. The van der Waals surface area contributed by atoms with Crippen LogP contribution < -0.4 is 5.32 Å². The summed E-state index contributed by atoms with van der Waals surface area (Å²) in [5.74, 6) is 0.528. The number of likely N-dealkylation sites (N-methyl/N-ethyl adjacent to an activating group) is 1. The Kier molecular flexibility index (Phi) is 7.61. The van der Waals surface area contributed by atoms with Crippen molar-refractivity contribution in [3.05, 3.63) is 35.9 Å². The number of hydrogen-bond donors (Lipinski definition) is 1. The summed E-state index contributed by atoms with van der Waals surface area (Å²) in [7, 11) is -2.04. The van der Waals surface area contributed by atoms with Crippen molar-refractivity contribution in [3.8, 4) is 0 Å². The summed E-state index contributed by atoms with van der Waals surface area (Å²) in [6.45, 7) is 6.05. The standard InChI is InChI=1S/C19H31N3O3S/c1-16-10-14-22(15-11-16)13-7-12-20-19(23)18(21(2)26(3,24)25)17-8-5-4-6-9-17/h4-6,8-9,16,18H,7,10-15H2,1-3H3,(H,20,23). The lowest BCUT2D eigenvalue weighted by molar-refractivity contribution is -0.124. The summed E-state index contributed by atoms with van der Waals surface area (Å²) in [6.07, 6.45) is 4.46. The molecule has 0 spiro atoms. The minimum absolute atomic E-state index is 0.281. The molecule has 1 aliphatic rings. The molecule has 0 saturated carbocycles. The van der Waals surface area contributed by atoms with Gasteiger partial charge in [-0.2, -0.15) is 4.31 Å². The van der Waals surface area contributed by atoms with E-state index in [1.54, 1.807) is 12.1 Å². The van der Waals surface area contributed by atoms with E-state index in [0.717, 1.165) is 42.5 Å². The number of carbonyl (C=O) groups is 1. The molecule has 1 aromatic carbocycles. The Bertz CT molecular complexity index is 671. The van der Waals surface area contributed by atoms with Crippen LogP contribution in [-0.2, 0) is 14.8 Å². The van der Waals surface area contributed by atoms with E-state index < -0.39 is 16.1 Å². The maximum atomic E-state index is 12.7. The lowest BCUT2D eigenvalue weighted by Crippen LogP contribution is -2.42. The van der Waals surface area contributed by atoms with E-state index in [1.807, 2.05) is 18.2 Å². The van der Waals surface area contributed by atoms with Gasteiger partial charge in [-0.3, -0.25) is 4.79 Å². The van der Waals surface area contributed by atoms with Gasteiger partial charge in [0.2, 0.25) is 15.9 Å². The molecule has 1 fully saturated rings. The van der Waals surface area contributed by atoms with E-state index in [-0.39, 0.29) is 5.91 Å². The molecule has 1 aromatic rings. The number of likely N-dealkylation sites (tertiary alicyclic amines) is 1. The van der Waals surface area contributed by atoms with Crippen LogP contribution in [0.3, 0.4) is 0 Å². The predicted octanol–water partition coefficient (Wildman–Crippen LogP) is 1.86. The third-order valence-corrected chi connectivity index (χ3v) is 6.33. The number of nitrogens with zero attached hydrogens (tertiary/aromatic N) is 2. The van der Waals surface area contributed by atoms with Crippen LogP contribution in [0.2, 0.25) is 0 Å². The number of nitrogens with one attached hydrogen (secondary N) is 1. The van der Waals surface area contributed by atoms with Crippen LogP contribution in [0.5, 0.6) is 0 Å². The molecular formula is C19H31N3O3S. The largest absolute Gasteiger partial charge is 0.354 e. The SMILES string of the molecule is CC1CCN(CCCNC(=O)C(c2ccccc2)N(C)S(C)(=O)=O)CC1. The van der Waals surface area contributed by atoms with Crippen LogP contribution in [0.15, 0.2) is 30.3 Å². The number of sulfonamides is 1. The van der Waals surface area contributed by atoms with Crippen LogP contribution in [0.25, 0.3) is 0 Å². The van der Waals surface area contributed by atoms with Gasteiger partial charge < -0.3 is 10.2 Å². The van der Waals surface area contributed by atoms with Gasteiger partial charge in [-0.1, -0.05) is 37.3 Å². The smallest absolute Gasteiger partial charge is 0.242 e. The molecule has 1 heterocycles. The second kappa shape index (κ2) is 9.48. The Labute approximate surface area is 157 Å². The summed E-state index contributed by atoms with van der Waals surface area (Å²) in [4.78, 5) is 15.1. The molecular weight excluding hydrogens is 350 g/mol. The minimum Gasteiger partial charge on any atom is -0.354 e. The quantitative estimate of drug-likeness (QED) is 0.698. The molecule has 1 aliphatic heterocycles. The first-order chi connectivity index (χ1) is 12.3. The van der Waals surface area contributed by atoms with Crippen LogP contribution in [0, 0.1) is 5.92 Å². The Hall–Kier alpha value is -1.44. The maximum absolute atomic E-state index is 12.7. The normalized spacial score (nSPS) is 18.0. The molecule has 0 aliphatic carbocycles. The molecule has 26 heavy (non-hydrogen) atoms. The van der Waals surface area contributed by atoms with Crippen molar-refractivity contribution in [3.63, 3.8) is 0 Å². The summed E-state index contributed by atoms with van der Waals surface area (Å²) >= 11 is 0. The van der Waals surface area contributed by atoms with Gasteiger partial charge in [-0.05, 0) is 50.4 Å². The molecule has 1 amide bonds. The zero-order valence-electron chi connectivity index (χ0n) is 16.0. The first-order valence-electron chi connectivity index (χ1n) is 9.27. The Balaban J connectivity index is 1.90. The minimum atomic E-state index is -3.48. The van der Waals surface area contributed by atoms with E-state index in [2.05, 4.69) is 17.1 Å².